The Morgan fingerprint density at radius 2 is 2.35 bits per heavy atom. The van der Waals surface area contributed by atoms with Crippen LogP contribution in [0.4, 0.5) is 0 Å². The molecule has 1 aromatic heterocycles. The van der Waals surface area contributed by atoms with Gasteiger partial charge in [0.2, 0.25) is 0 Å². The molecule has 1 heterocycles. The molecule has 0 amide bonds. The van der Waals surface area contributed by atoms with E-state index in [0.717, 1.165) is 18.2 Å². The predicted molar refractivity (Wildman–Crippen MR) is 67.4 cm³/mol. The second-order valence-electron chi connectivity index (χ2n) is 3.99. The van der Waals surface area contributed by atoms with E-state index in [-0.39, 0.29) is 6.04 Å². The van der Waals surface area contributed by atoms with Gasteiger partial charge >= 0.3 is 0 Å². The van der Waals surface area contributed by atoms with Crippen LogP contribution in [-0.2, 0) is 0 Å². The second-order valence-corrected chi connectivity index (χ2v) is 4.42. The van der Waals surface area contributed by atoms with Crippen molar-refractivity contribution in [2.45, 2.75) is 25.8 Å². The van der Waals surface area contributed by atoms with Crippen LogP contribution in [0, 0.1) is 0 Å². The van der Waals surface area contributed by atoms with Crippen LogP contribution in [0.3, 0.4) is 0 Å². The number of hydrogen-bond donors (Lipinski definition) is 1. The first kappa shape index (κ1) is 12.2. The maximum absolute atomic E-state index is 5.91. The number of rotatable bonds is 5. The Bertz CT molecular complexity index is 498. The summed E-state index contributed by atoms with van der Waals surface area (Å²) >= 11 is 5.91. The van der Waals surface area contributed by atoms with E-state index in [9.17, 15) is 0 Å². The Hall–Kier alpha value is -1.26. The molecule has 0 fully saturated rings. The van der Waals surface area contributed by atoms with E-state index in [4.69, 9.17) is 26.6 Å². The van der Waals surface area contributed by atoms with E-state index in [2.05, 4.69) is 12.1 Å². The average molecular weight is 255 g/mol. The molecular formula is C12H15ClN2O2. The molecule has 1 atom stereocenters. The molecule has 2 N–H and O–H groups in total. The first-order valence-corrected chi connectivity index (χ1v) is 6.02. The van der Waals surface area contributed by atoms with Crippen LogP contribution in [0.15, 0.2) is 22.7 Å². The smallest absolute Gasteiger partial charge is 0.262 e. The molecule has 5 heteroatoms. The van der Waals surface area contributed by atoms with E-state index in [0.29, 0.717) is 23.1 Å². The molecule has 0 saturated carbocycles. The summed E-state index contributed by atoms with van der Waals surface area (Å²) in [6, 6.07) is 5.31. The topological polar surface area (TPSA) is 61.3 Å². The van der Waals surface area contributed by atoms with Crippen LogP contribution in [0.2, 0.25) is 5.02 Å². The van der Waals surface area contributed by atoms with E-state index in [1.54, 1.807) is 18.2 Å². The number of ether oxygens (including phenoxy) is 1. The molecule has 0 saturated heterocycles. The zero-order chi connectivity index (χ0) is 12.3. The van der Waals surface area contributed by atoms with Gasteiger partial charge < -0.3 is 15.0 Å². The summed E-state index contributed by atoms with van der Waals surface area (Å²) < 4.78 is 10.7. The van der Waals surface area contributed by atoms with Gasteiger partial charge in [-0.25, -0.2) is 0 Å². The predicted octanol–water partition coefficient (Wildman–Crippen LogP) is 2.99. The Morgan fingerprint density at radius 1 is 1.53 bits per heavy atom. The van der Waals surface area contributed by atoms with Gasteiger partial charge in [0.05, 0.1) is 5.39 Å². The summed E-state index contributed by atoms with van der Waals surface area (Å²) in [4.78, 5) is 0. The number of benzene rings is 1. The minimum atomic E-state index is 0.0194. The number of nitrogens with zero attached hydrogens (tertiary/aromatic N) is 1. The van der Waals surface area contributed by atoms with Gasteiger partial charge in [0.1, 0.15) is 6.61 Å². The van der Waals surface area contributed by atoms with Crippen molar-refractivity contribution in [3.63, 3.8) is 0 Å². The molecule has 0 spiro atoms. The third-order valence-electron chi connectivity index (χ3n) is 2.49. The van der Waals surface area contributed by atoms with Crippen molar-refractivity contribution in [2.24, 2.45) is 5.73 Å². The standard InChI is InChI=1S/C12H15ClN2O2/c1-2-3-9(14)7-16-12-10-6-8(13)4-5-11(10)17-15-12/h4-6,9H,2-3,7,14H2,1H3. The van der Waals surface area contributed by atoms with Gasteiger partial charge in [0.25, 0.3) is 5.88 Å². The first-order chi connectivity index (χ1) is 8.20. The summed E-state index contributed by atoms with van der Waals surface area (Å²) in [7, 11) is 0. The Balaban J connectivity index is 2.10. The summed E-state index contributed by atoms with van der Waals surface area (Å²) in [6.45, 7) is 2.52. The molecule has 1 unspecified atom stereocenters. The SMILES string of the molecule is CCCC(N)COc1noc2ccc(Cl)cc12. The van der Waals surface area contributed by atoms with Gasteiger partial charge in [0, 0.05) is 11.1 Å². The van der Waals surface area contributed by atoms with E-state index < -0.39 is 0 Å². The fraction of sp³-hybridized carbons (Fsp3) is 0.417. The van der Waals surface area contributed by atoms with E-state index in [1.165, 1.54) is 0 Å². The maximum Gasteiger partial charge on any atom is 0.262 e. The van der Waals surface area contributed by atoms with Crippen LogP contribution < -0.4 is 10.5 Å². The fourth-order valence-corrected chi connectivity index (χ4v) is 1.81. The molecule has 17 heavy (non-hydrogen) atoms. The van der Waals surface area contributed by atoms with Crippen LogP contribution >= 0.6 is 11.6 Å². The molecule has 0 bridgehead atoms. The van der Waals surface area contributed by atoms with Crippen molar-refractivity contribution in [2.75, 3.05) is 6.61 Å². The maximum atomic E-state index is 5.91. The van der Waals surface area contributed by atoms with Crippen molar-refractivity contribution in [1.29, 1.82) is 0 Å². The van der Waals surface area contributed by atoms with Gasteiger partial charge in [0.15, 0.2) is 5.58 Å². The highest BCUT2D eigenvalue weighted by Crippen LogP contribution is 2.27. The van der Waals surface area contributed by atoms with Crippen LogP contribution in [0.1, 0.15) is 19.8 Å². The zero-order valence-electron chi connectivity index (χ0n) is 9.65. The summed E-state index contributed by atoms with van der Waals surface area (Å²) in [5.41, 5.74) is 6.53. The molecule has 4 nitrogen and oxygen atoms in total. The highest BCUT2D eigenvalue weighted by molar-refractivity contribution is 6.31. The number of aromatic nitrogens is 1. The highest BCUT2D eigenvalue weighted by Gasteiger charge is 2.11. The lowest BCUT2D eigenvalue weighted by molar-refractivity contribution is 0.257. The molecule has 2 rings (SSSR count). The fourth-order valence-electron chi connectivity index (χ4n) is 1.63. The molecule has 0 aliphatic rings. The van der Waals surface area contributed by atoms with Gasteiger partial charge in [-0.1, -0.05) is 24.9 Å². The van der Waals surface area contributed by atoms with E-state index >= 15 is 0 Å². The lowest BCUT2D eigenvalue weighted by Crippen LogP contribution is -2.27. The number of hydrogen-bond acceptors (Lipinski definition) is 4. The Kier molecular flexibility index (Phi) is 3.86. The summed E-state index contributed by atoms with van der Waals surface area (Å²) in [5.74, 6) is 0.453. The number of nitrogens with two attached hydrogens (primary N) is 1. The molecule has 0 aliphatic carbocycles. The van der Waals surface area contributed by atoms with Crippen molar-refractivity contribution in [3.05, 3.63) is 23.2 Å². The van der Waals surface area contributed by atoms with Crippen molar-refractivity contribution >= 4 is 22.6 Å². The normalized spacial score (nSPS) is 12.9. The molecular weight excluding hydrogens is 240 g/mol. The summed E-state index contributed by atoms with van der Waals surface area (Å²) in [6.07, 6.45) is 1.96. The Labute approximate surface area is 105 Å². The third kappa shape index (κ3) is 2.90. The third-order valence-corrected chi connectivity index (χ3v) is 2.73. The van der Waals surface area contributed by atoms with Crippen LogP contribution in [0.5, 0.6) is 5.88 Å². The minimum Gasteiger partial charge on any atom is -0.473 e. The van der Waals surface area contributed by atoms with Gasteiger partial charge in [-0.3, -0.25) is 0 Å². The second kappa shape index (κ2) is 5.38. The van der Waals surface area contributed by atoms with Gasteiger partial charge in [-0.15, -0.1) is 0 Å². The summed E-state index contributed by atoms with van der Waals surface area (Å²) in [5, 5.41) is 5.26. The molecule has 1 aromatic carbocycles. The monoisotopic (exact) mass is 254 g/mol. The van der Waals surface area contributed by atoms with Crippen LogP contribution in [-0.4, -0.2) is 17.8 Å². The van der Waals surface area contributed by atoms with Crippen LogP contribution in [0.25, 0.3) is 11.0 Å². The lowest BCUT2D eigenvalue weighted by atomic mass is 10.2. The number of halogens is 1. The average Bonchev–Trinajstić information content (AvgIpc) is 2.69. The van der Waals surface area contributed by atoms with E-state index in [1.807, 2.05) is 0 Å². The first-order valence-electron chi connectivity index (χ1n) is 5.64. The van der Waals surface area contributed by atoms with Crippen molar-refractivity contribution in [3.8, 4) is 5.88 Å². The molecule has 92 valence electrons. The number of fused-ring (bicyclic) bond motifs is 1. The molecule has 0 aliphatic heterocycles. The Morgan fingerprint density at radius 3 is 3.12 bits per heavy atom. The highest BCUT2D eigenvalue weighted by atomic mass is 35.5. The largest absolute Gasteiger partial charge is 0.473 e. The zero-order valence-corrected chi connectivity index (χ0v) is 10.4. The molecule has 0 radical (unpaired) electrons. The lowest BCUT2D eigenvalue weighted by Gasteiger charge is -2.09. The van der Waals surface area contributed by atoms with Gasteiger partial charge in [-0.05, 0) is 29.8 Å². The van der Waals surface area contributed by atoms with Gasteiger partial charge in [-0.2, -0.15) is 0 Å². The molecule has 2 aromatic rings. The minimum absolute atomic E-state index is 0.0194. The quantitative estimate of drug-likeness (QED) is 0.891. The van der Waals surface area contributed by atoms with Crippen molar-refractivity contribution < 1.29 is 9.26 Å². The van der Waals surface area contributed by atoms with Crippen molar-refractivity contribution in [1.82, 2.24) is 5.16 Å².